The second-order valence-corrected chi connectivity index (χ2v) is 20.0. The van der Waals surface area contributed by atoms with Gasteiger partial charge in [0, 0.05) is 0 Å². The van der Waals surface area contributed by atoms with Gasteiger partial charge in [0.1, 0.15) is 36.2 Å². The van der Waals surface area contributed by atoms with E-state index in [2.05, 4.69) is 5.32 Å². The number of hydrogen-bond donors (Lipinski definition) is 1. The lowest BCUT2D eigenvalue weighted by Crippen LogP contribution is -2.35. The molecular weight excluding hydrogens is 873 g/mol. The zero-order valence-electron chi connectivity index (χ0n) is 37.5. The average Bonchev–Trinajstić information content (AvgIpc) is 3.73. The van der Waals surface area contributed by atoms with Crippen LogP contribution in [0.5, 0.6) is 23.0 Å². The zero-order chi connectivity index (χ0) is 46.9. The number of carbonyl (C=O) groups excluding carboxylic acids is 6. The first kappa shape index (κ1) is 48.5. The molecule has 2 heterocycles. The maximum atomic E-state index is 13.5. The summed E-state index contributed by atoms with van der Waals surface area (Å²) in [6.07, 6.45) is 0.00418. The Morgan fingerprint density at radius 1 is 0.646 bits per heavy atom. The van der Waals surface area contributed by atoms with Crippen LogP contribution in [0, 0.1) is 10.8 Å². The summed E-state index contributed by atoms with van der Waals surface area (Å²) in [6.45, 7) is 10.6. The van der Waals surface area contributed by atoms with E-state index in [0.717, 1.165) is 50.7 Å². The predicted molar refractivity (Wildman–Crippen MR) is 246 cm³/mol. The van der Waals surface area contributed by atoms with Gasteiger partial charge in [0.25, 0.3) is 10.5 Å². The SMILES string of the molecule is COc1cccc([C@H](COc2ccc(CC3SC(=O)N(COc4cccc([C@H](COC(=O)C(C)(C)C)COc5ccc(CC6SC(=O)NC6=O)cc5)c4)C3=O)cc2)OC(=O)C(C)(C)C)c1. The number of rotatable bonds is 19. The largest absolute Gasteiger partial charge is 0.497 e. The standard InChI is InChI=1S/C49H54N2O12S2/c1-48(2,3)44(54)61-27-34(26-59-35-18-14-30(15-19-35)22-40-42(52)50-46(56)64-40)32-10-8-13-38(24-32)62-29-51-43(53)41(65-47(51)57)23-31-16-20-36(21-17-31)60-28-39(63-45(55)49(4,5)6)33-11-9-12-37(25-33)58-7/h8-21,24-25,34,39-41H,22-23,26-29H2,1-7H3,(H,50,52,56)/t34-,39-,40?,41?/m0/s1. The number of benzene rings is 4. The van der Waals surface area contributed by atoms with Crippen molar-refractivity contribution in [1.29, 1.82) is 0 Å². The molecule has 4 atom stereocenters. The summed E-state index contributed by atoms with van der Waals surface area (Å²) in [5.74, 6) is 0.291. The van der Waals surface area contributed by atoms with Gasteiger partial charge in [-0.05, 0) is 125 Å². The number of nitrogens with one attached hydrogen (secondary N) is 1. The van der Waals surface area contributed by atoms with Crippen LogP contribution in [-0.2, 0) is 41.5 Å². The van der Waals surface area contributed by atoms with E-state index in [1.54, 1.807) is 103 Å². The van der Waals surface area contributed by atoms with E-state index in [1.165, 1.54) is 0 Å². The van der Waals surface area contributed by atoms with Crippen LogP contribution in [0.1, 0.15) is 75.8 Å². The van der Waals surface area contributed by atoms with Crippen LogP contribution in [0.3, 0.4) is 0 Å². The maximum Gasteiger partial charge on any atom is 0.311 e. The molecule has 4 aromatic carbocycles. The molecule has 2 saturated heterocycles. The first-order valence-corrected chi connectivity index (χ1v) is 22.8. The highest BCUT2D eigenvalue weighted by Gasteiger charge is 2.40. The number of amides is 4. The van der Waals surface area contributed by atoms with Crippen LogP contribution < -0.4 is 24.3 Å². The summed E-state index contributed by atoms with van der Waals surface area (Å²) < 4.78 is 35.2. The van der Waals surface area contributed by atoms with Crippen molar-refractivity contribution in [2.45, 2.75) is 76.9 Å². The Labute approximate surface area is 387 Å². The number of nitrogens with zero attached hydrogens (tertiary/aromatic N) is 1. The van der Waals surface area contributed by atoms with E-state index >= 15 is 0 Å². The van der Waals surface area contributed by atoms with Crippen molar-refractivity contribution < 1.29 is 57.2 Å². The molecular formula is C49H54N2O12S2. The average molecular weight is 927 g/mol. The Bertz CT molecular complexity index is 2360. The number of imide groups is 2. The van der Waals surface area contributed by atoms with Crippen LogP contribution in [0.2, 0.25) is 0 Å². The molecule has 1 N–H and O–H groups in total. The van der Waals surface area contributed by atoms with E-state index in [0.29, 0.717) is 35.8 Å². The van der Waals surface area contributed by atoms with Crippen molar-refractivity contribution in [1.82, 2.24) is 10.2 Å². The minimum Gasteiger partial charge on any atom is -0.497 e. The third kappa shape index (κ3) is 13.5. The van der Waals surface area contributed by atoms with Gasteiger partial charge in [-0.3, -0.25) is 34.1 Å². The second-order valence-electron chi connectivity index (χ2n) is 17.7. The third-order valence-electron chi connectivity index (χ3n) is 10.4. The Kier molecular flexibility index (Phi) is 15.9. The molecule has 2 unspecified atom stereocenters. The zero-order valence-corrected chi connectivity index (χ0v) is 39.1. The number of esters is 2. The summed E-state index contributed by atoms with van der Waals surface area (Å²) >= 11 is 1.92. The molecule has 65 heavy (non-hydrogen) atoms. The number of hydrogen-bond acceptors (Lipinski definition) is 14. The number of thioether (sulfide) groups is 2. The van der Waals surface area contributed by atoms with Crippen molar-refractivity contribution in [3.05, 3.63) is 119 Å². The lowest BCUT2D eigenvalue weighted by atomic mass is 9.97. The van der Waals surface area contributed by atoms with E-state index in [1.807, 2.05) is 42.5 Å². The van der Waals surface area contributed by atoms with Gasteiger partial charge in [-0.2, -0.15) is 0 Å². The van der Waals surface area contributed by atoms with Crippen LogP contribution in [0.15, 0.2) is 97.1 Å². The molecule has 0 spiro atoms. The molecule has 4 amide bonds. The van der Waals surface area contributed by atoms with Crippen molar-refractivity contribution in [2.75, 3.05) is 33.7 Å². The van der Waals surface area contributed by atoms with E-state index < -0.39 is 38.6 Å². The quantitative estimate of drug-likeness (QED) is 0.0885. The molecule has 2 aliphatic rings. The first-order chi connectivity index (χ1) is 30.9. The van der Waals surface area contributed by atoms with Crippen LogP contribution in [-0.4, -0.2) is 83.3 Å². The van der Waals surface area contributed by atoms with Gasteiger partial charge < -0.3 is 28.4 Å². The van der Waals surface area contributed by atoms with Gasteiger partial charge in [0.2, 0.25) is 11.8 Å². The minimum atomic E-state index is -0.721. The van der Waals surface area contributed by atoms with Crippen LogP contribution in [0.25, 0.3) is 0 Å². The fourth-order valence-corrected chi connectivity index (χ4v) is 8.37. The topological polar surface area (TPSA) is 173 Å². The Morgan fingerprint density at radius 3 is 1.80 bits per heavy atom. The highest BCUT2D eigenvalue weighted by molar-refractivity contribution is 8.15. The molecule has 0 bridgehead atoms. The van der Waals surface area contributed by atoms with Crippen molar-refractivity contribution in [3.63, 3.8) is 0 Å². The summed E-state index contributed by atoms with van der Waals surface area (Å²) in [7, 11) is 1.57. The third-order valence-corrected chi connectivity index (χ3v) is 12.4. The highest BCUT2D eigenvalue weighted by atomic mass is 32.2. The van der Waals surface area contributed by atoms with Gasteiger partial charge in [-0.1, -0.05) is 72.1 Å². The molecule has 2 fully saturated rings. The van der Waals surface area contributed by atoms with Crippen LogP contribution in [0.4, 0.5) is 9.59 Å². The first-order valence-electron chi connectivity index (χ1n) is 21.1. The number of methoxy groups -OCH3 is 1. The Hall–Kier alpha value is -6.00. The second kappa shape index (κ2) is 21.3. The van der Waals surface area contributed by atoms with E-state index in [-0.39, 0.29) is 55.5 Å². The normalized spacial score (nSPS) is 17.3. The smallest absolute Gasteiger partial charge is 0.311 e. The minimum absolute atomic E-state index is 0.0188. The molecule has 16 heteroatoms. The van der Waals surface area contributed by atoms with Crippen molar-refractivity contribution in [3.8, 4) is 23.0 Å². The van der Waals surface area contributed by atoms with Gasteiger partial charge in [0.15, 0.2) is 12.8 Å². The number of ether oxygens (including phenoxy) is 6. The lowest BCUT2D eigenvalue weighted by molar-refractivity contribution is -0.160. The summed E-state index contributed by atoms with van der Waals surface area (Å²) in [6, 6.07) is 28.8. The molecule has 4 aromatic rings. The fourth-order valence-electron chi connectivity index (χ4n) is 6.49. The molecule has 344 valence electrons. The van der Waals surface area contributed by atoms with Crippen molar-refractivity contribution >= 4 is 57.8 Å². The lowest BCUT2D eigenvalue weighted by Gasteiger charge is -2.24. The van der Waals surface area contributed by atoms with Gasteiger partial charge in [-0.15, -0.1) is 0 Å². The van der Waals surface area contributed by atoms with Gasteiger partial charge >= 0.3 is 11.9 Å². The molecule has 0 saturated carbocycles. The number of carbonyl (C=O) groups is 6. The van der Waals surface area contributed by atoms with Crippen LogP contribution >= 0.6 is 23.5 Å². The van der Waals surface area contributed by atoms with E-state index in [4.69, 9.17) is 28.4 Å². The Morgan fingerprint density at radius 2 is 1.22 bits per heavy atom. The van der Waals surface area contributed by atoms with E-state index in [9.17, 15) is 28.8 Å². The molecule has 0 radical (unpaired) electrons. The van der Waals surface area contributed by atoms with Crippen molar-refractivity contribution in [2.24, 2.45) is 10.8 Å². The summed E-state index contributed by atoms with van der Waals surface area (Å²) in [5, 5.41) is 0.392. The molecule has 6 rings (SSSR count). The monoisotopic (exact) mass is 926 g/mol. The molecule has 2 aliphatic heterocycles. The predicted octanol–water partition coefficient (Wildman–Crippen LogP) is 8.69. The molecule has 14 nitrogen and oxygen atoms in total. The highest BCUT2D eigenvalue weighted by Crippen LogP contribution is 2.33. The Balaban J connectivity index is 1.04. The molecule has 0 aliphatic carbocycles. The fraction of sp³-hybridized carbons (Fsp3) is 0.388. The summed E-state index contributed by atoms with van der Waals surface area (Å²) in [5.41, 5.74) is 1.73. The maximum absolute atomic E-state index is 13.5. The van der Waals surface area contributed by atoms with Gasteiger partial charge in [-0.25, -0.2) is 4.90 Å². The molecule has 0 aromatic heterocycles. The van der Waals surface area contributed by atoms with Gasteiger partial charge in [0.05, 0.1) is 41.0 Å². The summed E-state index contributed by atoms with van der Waals surface area (Å²) in [4.78, 5) is 76.9.